The molecule has 0 radical (unpaired) electrons. The molecule has 6 nitrogen and oxygen atoms in total. The van der Waals surface area contributed by atoms with E-state index in [1.54, 1.807) is 45.0 Å². The third-order valence-corrected chi connectivity index (χ3v) is 2.62. The van der Waals surface area contributed by atoms with Gasteiger partial charge in [0.25, 0.3) is 0 Å². The molecule has 2 N–H and O–H groups in total. The molecule has 122 valence electrons. The molecule has 1 aromatic rings. The number of hydrogen-bond acceptors (Lipinski definition) is 4. The minimum Gasteiger partial charge on any atom is -0.494 e. The van der Waals surface area contributed by atoms with Crippen LogP contribution in [0.4, 0.5) is 4.79 Å². The van der Waals surface area contributed by atoms with E-state index in [1.165, 1.54) is 0 Å². The van der Waals surface area contributed by atoms with Gasteiger partial charge in [0.2, 0.25) is 0 Å². The van der Waals surface area contributed by atoms with Gasteiger partial charge in [-0.2, -0.15) is 0 Å². The molecule has 1 amide bonds. The molecule has 1 aromatic carbocycles. The third-order valence-electron chi connectivity index (χ3n) is 2.62. The van der Waals surface area contributed by atoms with E-state index < -0.39 is 23.7 Å². The zero-order chi connectivity index (χ0) is 17.5. The van der Waals surface area contributed by atoms with Crippen molar-refractivity contribution in [3.05, 3.63) is 29.8 Å². The monoisotopic (exact) mass is 310 g/mol. The number of carbonyl (C=O) groups is 2. The standard InChI is InChI=1S/C16H23NO5/c1-5-21-12-8-6-11(7-9-12)10-13(14(18)19)17-15(20)22-16(2,3)4/h6-9,13H,5,10H2,1-4H3,(H,17,20)(H,18,19)/t13-/m0/s1/i1D. The Kier molecular flexibility index (Phi) is 5.63. The van der Waals surface area contributed by atoms with E-state index in [9.17, 15) is 14.7 Å². The summed E-state index contributed by atoms with van der Waals surface area (Å²) < 4.78 is 17.4. The minimum atomic E-state index is -1.13. The number of carbonyl (C=O) groups excluding carboxylic acids is 1. The highest BCUT2D eigenvalue weighted by atomic mass is 16.6. The van der Waals surface area contributed by atoms with Crippen LogP contribution in [0.25, 0.3) is 0 Å². The number of hydrogen-bond donors (Lipinski definition) is 2. The maximum atomic E-state index is 11.7. The van der Waals surface area contributed by atoms with E-state index >= 15 is 0 Å². The molecule has 1 atom stereocenters. The van der Waals surface area contributed by atoms with Gasteiger partial charge in [0.1, 0.15) is 17.4 Å². The van der Waals surface area contributed by atoms with E-state index in [4.69, 9.17) is 10.8 Å². The molecule has 0 aliphatic heterocycles. The first kappa shape index (κ1) is 16.1. The second-order valence-corrected chi connectivity index (χ2v) is 5.73. The Morgan fingerprint density at radius 2 is 1.95 bits per heavy atom. The summed E-state index contributed by atoms with van der Waals surface area (Å²) in [5, 5.41) is 11.6. The lowest BCUT2D eigenvalue weighted by molar-refractivity contribution is -0.139. The summed E-state index contributed by atoms with van der Waals surface area (Å²) in [4.78, 5) is 23.0. The second kappa shape index (κ2) is 7.68. The molecule has 0 fully saturated rings. The molecule has 0 unspecified atom stereocenters. The third kappa shape index (κ3) is 6.47. The van der Waals surface area contributed by atoms with E-state index in [1.807, 2.05) is 0 Å². The summed E-state index contributed by atoms with van der Waals surface area (Å²) in [6.07, 6.45) is -0.631. The van der Waals surface area contributed by atoms with Crippen molar-refractivity contribution >= 4 is 12.1 Å². The van der Waals surface area contributed by atoms with Gasteiger partial charge in [0, 0.05) is 7.79 Å². The summed E-state index contributed by atoms with van der Waals surface area (Å²) >= 11 is 0. The Bertz CT molecular complexity index is 524. The number of carboxylic acid groups (broad SMARTS) is 1. The predicted octanol–water partition coefficient (Wildman–Crippen LogP) is 2.61. The number of rotatable bonds is 6. The number of nitrogens with one attached hydrogen (secondary N) is 1. The van der Waals surface area contributed by atoms with Crippen LogP contribution in [0.5, 0.6) is 5.75 Å². The maximum absolute atomic E-state index is 11.7. The van der Waals surface area contributed by atoms with Crippen molar-refractivity contribution < 1.29 is 25.5 Å². The summed E-state index contributed by atoms with van der Waals surface area (Å²) in [6.45, 7) is 5.59. The molecule has 0 saturated carbocycles. The molecular formula is C16H23NO5. The van der Waals surface area contributed by atoms with Gasteiger partial charge in [-0.25, -0.2) is 9.59 Å². The average molecular weight is 310 g/mol. The van der Waals surface area contributed by atoms with Gasteiger partial charge in [-0.05, 0) is 45.4 Å². The number of ether oxygens (including phenoxy) is 2. The van der Waals surface area contributed by atoms with Crippen LogP contribution in [-0.4, -0.2) is 35.4 Å². The molecule has 1 rings (SSSR count). The van der Waals surface area contributed by atoms with Crippen molar-refractivity contribution in [1.29, 1.82) is 0 Å². The lowest BCUT2D eigenvalue weighted by Crippen LogP contribution is -2.44. The van der Waals surface area contributed by atoms with E-state index in [2.05, 4.69) is 5.32 Å². The van der Waals surface area contributed by atoms with Crippen molar-refractivity contribution in [2.75, 3.05) is 6.61 Å². The first-order valence-corrected chi connectivity index (χ1v) is 6.94. The molecule has 0 aliphatic carbocycles. The van der Waals surface area contributed by atoms with Crippen LogP contribution in [0.1, 0.15) is 34.6 Å². The van der Waals surface area contributed by atoms with Crippen LogP contribution in [0.3, 0.4) is 0 Å². The van der Waals surface area contributed by atoms with Crippen LogP contribution in [0.15, 0.2) is 24.3 Å². The van der Waals surface area contributed by atoms with Gasteiger partial charge in [-0.15, -0.1) is 0 Å². The predicted molar refractivity (Wildman–Crippen MR) is 82.1 cm³/mol. The Morgan fingerprint density at radius 1 is 1.32 bits per heavy atom. The Hall–Kier alpha value is -2.24. The zero-order valence-corrected chi connectivity index (χ0v) is 13.1. The summed E-state index contributed by atoms with van der Waals surface area (Å²) in [5.74, 6) is -0.515. The van der Waals surface area contributed by atoms with Gasteiger partial charge < -0.3 is 19.9 Å². The van der Waals surface area contributed by atoms with Gasteiger partial charge in [-0.1, -0.05) is 12.1 Å². The number of benzene rings is 1. The zero-order valence-electron chi connectivity index (χ0n) is 14.1. The van der Waals surface area contributed by atoms with Crippen molar-refractivity contribution in [2.45, 2.75) is 45.7 Å². The van der Waals surface area contributed by atoms with Crippen LogP contribution in [-0.2, 0) is 16.0 Å². The highest BCUT2D eigenvalue weighted by Crippen LogP contribution is 2.14. The first-order valence-electron chi connectivity index (χ1n) is 7.65. The Balaban J connectivity index is 2.65. The fourth-order valence-corrected chi connectivity index (χ4v) is 1.73. The minimum absolute atomic E-state index is 0.132. The van der Waals surface area contributed by atoms with Crippen LogP contribution >= 0.6 is 0 Å². The lowest BCUT2D eigenvalue weighted by atomic mass is 10.1. The summed E-state index contributed by atoms with van der Waals surface area (Å²) in [5.41, 5.74) is 0.0518. The maximum Gasteiger partial charge on any atom is 0.408 e. The quantitative estimate of drug-likeness (QED) is 0.843. The normalized spacial score (nSPS) is 13.0. The van der Waals surface area contributed by atoms with Crippen molar-refractivity contribution in [3.63, 3.8) is 0 Å². The summed E-state index contributed by atoms with van der Waals surface area (Å²) in [6, 6.07) is 5.79. The topological polar surface area (TPSA) is 84.9 Å². The van der Waals surface area contributed by atoms with E-state index in [0.717, 1.165) is 5.56 Å². The number of amides is 1. The molecule has 0 spiro atoms. The highest BCUT2D eigenvalue weighted by molar-refractivity contribution is 5.80. The van der Waals surface area contributed by atoms with Gasteiger partial charge in [0.15, 0.2) is 0 Å². The van der Waals surface area contributed by atoms with E-state index in [-0.39, 0.29) is 13.3 Å². The van der Waals surface area contributed by atoms with E-state index in [0.29, 0.717) is 12.4 Å². The van der Waals surface area contributed by atoms with Gasteiger partial charge in [0.05, 0.1) is 6.61 Å². The molecule has 22 heavy (non-hydrogen) atoms. The molecule has 6 heteroatoms. The highest BCUT2D eigenvalue weighted by Gasteiger charge is 2.24. The Morgan fingerprint density at radius 3 is 2.45 bits per heavy atom. The van der Waals surface area contributed by atoms with Crippen molar-refractivity contribution in [2.24, 2.45) is 0 Å². The van der Waals surface area contributed by atoms with Crippen molar-refractivity contribution in [3.8, 4) is 5.75 Å². The molecule has 0 bridgehead atoms. The smallest absolute Gasteiger partial charge is 0.408 e. The second-order valence-electron chi connectivity index (χ2n) is 5.73. The largest absolute Gasteiger partial charge is 0.494 e. The Labute approximate surface area is 131 Å². The molecule has 0 saturated heterocycles. The fraction of sp³-hybridized carbons (Fsp3) is 0.500. The van der Waals surface area contributed by atoms with Crippen molar-refractivity contribution in [1.82, 2.24) is 5.32 Å². The summed E-state index contributed by atoms with van der Waals surface area (Å²) in [7, 11) is 0. The number of alkyl carbamates (subject to hydrolysis) is 1. The number of carboxylic acids is 1. The first-order chi connectivity index (χ1) is 10.7. The van der Waals surface area contributed by atoms with Crippen LogP contribution in [0.2, 0.25) is 0 Å². The fourth-order valence-electron chi connectivity index (χ4n) is 1.73. The average Bonchev–Trinajstić information content (AvgIpc) is 2.43. The lowest BCUT2D eigenvalue weighted by Gasteiger charge is -2.22. The molecule has 0 aliphatic rings. The van der Waals surface area contributed by atoms with Gasteiger partial charge in [-0.3, -0.25) is 0 Å². The molecule has 0 aromatic heterocycles. The van der Waals surface area contributed by atoms with Gasteiger partial charge >= 0.3 is 12.1 Å². The SMILES string of the molecule is [2H]CCOc1ccc(C[C@H](NC(=O)OC(C)(C)C)C(=O)O)cc1. The van der Waals surface area contributed by atoms with Crippen LogP contribution in [0, 0.1) is 0 Å². The molecular weight excluding hydrogens is 286 g/mol. The number of aliphatic carboxylic acids is 1. The van der Waals surface area contributed by atoms with Crippen LogP contribution < -0.4 is 10.1 Å². The molecule has 0 heterocycles.